The number of halogens is 1. The molecule has 1 aliphatic rings. The van der Waals surface area contributed by atoms with Crippen molar-refractivity contribution >= 4 is 21.6 Å². The van der Waals surface area contributed by atoms with E-state index >= 15 is 0 Å². The lowest BCUT2D eigenvalue weighted by atomic mass is 10.2. The summed E-state index contributed by atoms with van der Waals surface area (Å²) in [5.74, 6) is 0.295. The molecule has 1 fully saturated rings. The van der Waals surface area contributed by atoms with Gasteiger partial charge in [0.15, 0.2) is 0 Å². The van der Waals surface area contributed by atoms with Gasteiger partial charge in [0.05, 0.1) is 7.11 Å². The molecule has 0 radical (unpaired) electrons. The average molecular weight is 333 g/mol. The van der Waals surface area contributed by atoms with Crippen molar-refractivity contribution < 1.29 is 13.2 Å². The number of ether oxygens (including phenoxy) is 1. The van der Waals surface area contributed by atoms with Crippen LogP contribution in [0.5, 0.6) is 5.75 Å². The van der Waals surface area contributed by atoms with E-state index in [0.717, 1.165) is 19.3 Å². The van der Waals surface area contributed by atoms with Crippen LogP contribution in [-0.2, 0) is 16.6 Å². The molecule has 5 nitrogen and oxygen atoms in total. The van der Waals surface area contributed by atoms with Crippen molar-refractivity contribution in [3.05, 3.63) is 22.7 Å². The van der Waals surface area contributed by atoms with E-state index in [1.54, 1.807) is 10.4 Å². The second kappa shape index (κ2) is 6.52. The monoisotopic (exact) mass is 332 g/mol. The van der Waals surface area contributed by atoms with Crippen LogP contribution in [0, 0.1) is 0 Å². The minimum absolute atomic E-state index is 0.0972. The van der Waals surface area contributed by atoms with E-state index in [4.69, 9.17) is 22.1 Å². The fraction of sp³-hybridized carbons (Fsp3) is 0.571. The van der Waals surface area contributed by atoms with Gasteiger partial charge in [0.25, 0.3) is 0 Å². The van der Waals surface area contributed by atoms with E-state index in [0.29, 0.717) is 22.9 Å². The summed E-state index contributed by atoms with van der Waals surface area (Å²) in [6.45, 7) is 2.63. The van der Waals surface area contributed by atoms with E-state index < -0.39 is 10.0 Å². The zero-order chi connectivity index (χ0) is 15.6. The molecule has 0 unspecified atom stereocenters. The van der Waals surface area contributed by atoms with Crippen LogP contribution in [0.2, 0.25) is 5.02 Å². The van der Waals surface area contributed by atoms with Crippen molar-refractivity contribution in [1.82, 2.24) is 4.31 Å². The molecule has 2 N–H and O–H groups in total. The molecule has 0 aromatic heterocycles. The van der Waals surface area contributed by atoms with Gasteiger partial charge in [0, 0.05) is 29.7 Å². The Bertz CT molecular complexity index is 615. The van der Waals surface area contributed by atoms with Gasteiger partial charge < -0.3 is 10.5 Å². The Kier molecular flexibility index (Phi) is 5.14. The highest BCUT2D eigenvalue weighted by Crippen LogP contribution is 2.38. The minimum Gasteiger partial charge on any atom is -0.495 e. The third kappa shape index (κ3) is 3.34. The molecule has 0 bridgehead atoms. The first-order valence-corrected chi connectivity index (χ1v) is 8.85. The maximum Gasteiger partial charge on any atom is 0.247 e. The maximum atomic E-state index is 13.0. The molecular formula is C14H21ClN2O3S. The van der Waals surface area contributed by atoms with Crippen molar-refractivity contribution in [2.24, 2.45) is 5.73 Å². The summed E-state index contributed by atoms with van der Waals surface area (Å²) in [5.41, 5.74) is 6.26. The number of nitrogens with two attached hydrogens (primary N) is 1. The van der Waals surface area contributed by atoms with Crippen LogP contribution in [-0.4, -0.2) is 32.4 Å². The van der Waals surface area contributed by atoms with Gasteiger partial charge in [-0.25, -0.2) is 8.42 Å². The molecule has 1 saturated carbocycles. The van der Waals surface area contributed by atoms with Gasteiger partial charge in [-0.05, 0) is 31.4 Å². The number of hydrogen-bond acceptors (Lipinski definition) is 4. The second-order valence-electron chi connectivity index (χ2n) is 5.15. The summed E-state index contributed by atoms with van der Waals surface area (Å²) < 4.78 is 32.8. The Morgan fingerprint density at radius 3 is 2.57 bits per heavy atom. The molecule has 0 saturated heterocycles. The summed E-state index contributed by atoms with van der Waals surface area (Å²) >= 11 is 6.05. The molecular weight excluding hydrogens is 312 g/mol. The van der Waals surface area contributed by atoms with Gasteiger partial charge in [0.2, 0.25) is 10.0 Å². The van der Waals surface area contributed by atoms with Gasteiger partial charge in [0.1, 0.15) is 10.6 Å². The topological polar surface area (TPSA) is 72.6 Å². The van der Waals surface area contributed by atoms with Gasteiger partial charge in [-0.15, -0.1) is 0 Å². The van der Waals surface area contributed by atoms with Gasteiger partial charge in [-0.2, -0.15) is 4.31 Å². The largest absolute Gasteiger partial charge is 0.495 e. The lowest BCUT2D eigenvalue weighted by Gasteiger charge is -2.23. The Hall–Kier alpha value is -0.820. The third-order valence-electron chi connectivity index (χ3n) is 3.51. The molecule has 0 spiro atoms. The molecule has 2 rings (SSSR count). The number of sulfonamides is 1. The van der Waals surface area contributed by atoms with Crippen LogP contribution in [0.15, 0.2) is 17.0 Å². The number of hydrogen-bond donors (Lipinski definition) is 1. The van der Waals surface area contributed by atoms with Crippen LogP contribution < -0.4 is 10.5 Å². The zero-order valence-electron chi connectivity index (χ0n) is 12.3. The van der Waals surface area contributed by atoms with Crippen molar-refractivity contribution in [2.45, 2.75) is 43.7 Å². The molecule has 1 aliphatic carbocycles. The molecule has 118 valence electrons. The Labute approximate surface area is 131 Å². The van der Waals surface area contributed by atoms with Crippen molar-refractivity contribution in [3.63, 3.8) is 0 Å². The summed E-state index contributed by atoms with van der Waals surface area (Å²) in [4.78, 5) is 0.110. The van der Waals surface area contributed by atoms with Crippen molar-refractivity contribution in [2.75, 3.05) is 13.7 Å². The normalized spacial score (nSPS) is 15.5. The van der Waals surface area contributed by atoms with Gasteiger partial charge in [-0.1, -0.05) is 18.5 Å². The highest BCUT2D eigenvalue weighted by atomic mass is 35.5. The second-order valence-corrected chi connectivity index (χ2v) is 7.44. The highest BCUT2D eigenvalue weighted by Gasteiger charge is 2.39. The molecule has 0 atom stereocenters. The predicted molar refractivity (Wildman–Crippen MR) is 83.1 cm³/mol. The molecule has 1 aromatic carbocycles. The van der Waals surface area contributed by atoms with Crippen molar-refractivity contribution in [3.8, 4) is 5.75 Å². The number of nitrogens with zero attached hydrogens (tertiary/aromatic N) is 1. The summed E-state index contributed by atoms with van der Waals surface area (Å²) in [5, 5.41) is 0.349. The maximum absolute atomic E-state index is 13.0. The SMILES string of the molecule is CCCN(C1CC1)S(=O)(=O)c1cc(Cl)cc(CN)c1OC. The van der Waals surface area contributed by atoms with E-state index in [9.17, 15) is 8.42 Å². The van der Waals surface area contributed by atoms with Crippen LogP contribution >= 0.6 is 11.6 Å². The van der Waals surface area contributed by atoms with Gasteiger partial charge >= 0.3 is 0 Å². The zero-order valence-corrected chi connectivity index (χ0v) is 13.9. The molecule has 1 aromatic rings. The first-order valence-electron chi connectivity index (χ1n) is 7.04. The third-order valence-corrected chi connectivity index (χ3v) is 5.68. The smallest absolute Gasteiger partial charge is 0.247 e. The van der Waals surface area contributed by atoms with Crippen LogP contribution in [0.25, 0.3) is 0 Å². The first-order chi connectivity index (χ1) is 9.95. The van der Waals surface area contributed by atoms with Crippen LogP contribution in [0.4, 0.5) is 0 Å². The summed E-state index contributed by atoms with van der Waals surface area (Å²) in [6.07, 6.45) is 2.58. The van der Waals surface area contributed by atoms with E-state index in [-0.39, 0.29) is 17.5 Å². The fourth-order valence-electron chi connectivity index (χ4n) is 2.41. The van der Waals surface area contributed by atoms with Crippen LogP contribution in [0.3, 0.4) is 0 Å². The Balaban J connectivity index is 2.55. The number of benzene rings is 1. The number of rotatable bonds is 7. The summed E-state index contributed by atoms with van der Waals surface area (Å²) in [7, 11) is -2.18. The quantitative estimate of drug-likeness (QED) is 0.832. The Morgan fingerprint density at radius 1 is 1.43 bits per heavy atom. The molecule has 0 heterocycles. The van der Waals surface area contributed by atoms with Crippen LogP contribution in [0.1, 0.15) is 31.7 Å². The summed E-state index contributed by atoms with van der Waals surface area (Å²) in [6, 6.07) is 3.18. The van der Waals surface area contributed by atoms with E-state index in [1.165, 1.54) is 13.2 Å². The minimum atomic E-state index is -3.63. The molecule has 0 amide bonds. The molecule has 21 heavy (non-hydrogen) atoms. The Morgan fingerprint density at radius 2 is 2.10 bits per heavy atom. The van der Waals surface area contributed by atoms with E-state index in [2.05, 4.69) is 0 Å². The highest BCUT2D eigenvalue weighted by molar-refractivity contribution is 7.89. The average Bonchev–Trinajstić information content (AvgIpc) is 3.27. The van der Waals surface area contributed by atoms with Crippen molar-refractivity contribution in [1.29, 1.82) is 0 Å². The lowest BCUT2D eigenvalue weighted by molar-refractivity contribution is 0.381. The lowest BCUT2D eigenvalue weighted by Crippen LogP contribution is -2.34. The molecule has 7 heteroatoms. The standard InChI is InChI=1S/C14H21ClN2O3S/c1-3-6-17(12-4-5-12)21(18,19)13-8-11(15)7-10(9-16)14(13)20-2/h7-8,12H,3-6,9,16H2,1-2H3. The fourth-order valence-corrected chi connectivity index (χ4v) is 4.71. The van der Waals surface area contributed by atoms with E-state index in [1.807, 2.05) is 6.92 Å². The van der Waals surface area contributed by atoms with Gasteiger partial charge in [-0.3, -0.25) is 0 Å². The first kappa shape index (κ1) is 16.5. The molecule has 0 aliphatic heterocycles. The predicted octanol–water partition coefficient (Wildman–Crippen LogP) is 2.37. The number of methoxy groups -OCH3 is 1.